The highest BCUT2D eigenvalue weighted by molar-refractivity contribution is 5.89. The summed E-state index contributed by atoms with van der Waals surface area (Å²) in [6.07, 6.45) is 0.491. The summed E-state index contributed by atoms with van der Waals surface area (Å²) in [4.78, 5) is 24.6. The van der Waals surface area contributed by atoms with E-state index in [4.69, 9.17) is 9.84 Å². The number of hydrogen-bond acceptors (Lipinski definition) is 3. The first-order valence-electron chi connectivity index (χ1n) is 6.77. The van der Waals surface area contributed by atoms with E-state index in [9.17, 15) is 9.59 Å². The second-order valence-electron chi connectivity index (χ2n) is 4.94. The molecule has 1 atom stereocenters. The number of carboxylic acid groups (broad SMARTS) is 1. The second kappa shape index (κ2) is 8.26. The Morgan fingerprint density at radius 3 is 2.67 bits per heavy atom. The Labute approximate surface area is 124 Å². The molecule has 1 aromatic carbocycles. The van der Waals surface area contributed by atoms with Gasteiger partial charge in [0.1, 0.15) is 0 Å². The Hall–Kier alpha value is -2.08. The predicted octanol–water partition coefficient (Wildman–Crippen LogP) is 1.60. The predicted molar refractivity (Wildman–Crippen MR) is 79.6 cm³/mol. The van der Waals surface area contributed by atoms with Crippen LogP contribution in [0.15, 0.2) is 24.3 Å². The van der Waals surface area contributed by atoms with E-state index in [-0.39, 0.29) is 17.6 Å². The number of carboxylic acids is 1. The molecule has 0 aliphatic carbocycles. The van der Waals surface area contributed by atoms with E-state index < -0.39 is 5.97 Å². The van der Waals surface area contributed by atoms with Gasteiger partial charge in [-0.2, -0.15) is 0 Å². The van der Waals surface area contributed by atoms with Gasteiger partial charge < -0.3 is 20.1 Å². The zero-order valence-corrected chi connectivity index (χ0v) is 12.6. The zero-order valence-electron chi connectivity index (χ0n) is 12.6. The van der Waals surface area contributed by atoms with Crippen LogP contribution in [0, 0.1) is 0 Å². The number of hydrogen-bond donors (Lipinski definition) is 2. The minimum Gasteiger partial charge on any atom is -0.478 e. The van der Waals surface area contributed by atoms with Crippen LogP contribution in [0.5, 0.6) is 0 Å². The van der Waals surface area contributed by atoms with Crippen molar-refractivity contribution in [1.29, 1.82) is 0 Å². The van der Waals surface area contributed by atoms with Gasteiger partial charge in [-0.3, -0.25) is 0 Å². The third-order valence-electron chi connectivity index (χ3n) is 3.10. The van der Waals surface area contributed by atoms with Crippen molar-refractivity contribution >= 4 is 12.0 Å². The van der Waals surface area contributed by atoms with E-state index in [2.05, 4.69) is 5.32 Å². The van der Waals surface area contributed by atoms with Gasteiger partial charge in [0.05, 0.1) is 18.2 Å². The maximum atomic E-state index is 11.9. The van der Waals surface area contributed by atoms with E-state index in [1.54, 1.807) is 38.4 Å². The van der Waals surface area contributed by atoms with E-state index >= 15 is 0 Å². The molecule has 0 aliphatic heterocycles. The number of rotatable bonds is 7. The van der Waals surface area contributed by atoms with Crippen molar-refractivity contribution in [2.24, 2.45) is 0 Å². The van der Waals surface area contributed by atoms with Gasteiger partial charge in [-0.25, -0.2) is 9.59 Å². The molecule has 1 aromatic rings. The van der Waals surface area contributed by atoms with Crippen LogP contribution in [0.25, 0.3) is 0 Å². The van der Waals surface area contributed by atoms with Crippen molar-refractivity contribution in [2.45, 2.75) is 19.4 Å². The van der Waals surface area contributed by atoms with Gasteiger partial charge in [0.15, 0.2) is 0 Å². The number of benzene rings is 1. The lowest BCUT2D eigenvalue weighted by Gasteiger charge is -2.21. The maximum Gasteiger partial charge on any atom is 0.335 e. The standard InChI is InChI=1S/C15H22N2O4/c1-11(10-21-3)16-15(20)17(2)9-8-12-6-4-5-7-13(12)14(18)19/h4-7,11H,8-10H2,1-3H3,(H,16,20)(H,18,19). The number of aromatic carboxylic acids is 1. The Morgan fingerprint density at radius 1 is 1.38 bits per heavy atom. The SMILES string of the molecule is COCC(C)NC(=O)N(C)CCc1ccccc1C(=O)O. The quantitative estimate of drug-likeness (QED) is 0.800. The minimum atomic E-state index is -0.952. The summed E-state index contributed by atoms with van der Waals surface area (Å²) in [5.74, 6) is -0.952. The van der Waals surface area contributed by atoms with Crippen LogP contribution in [-0.4, -0.2) is 55.4 Å². The zero-order chi connectivity index (χ0) is 15.8. The van der Waals surface area contributed by atoms with Crippen LogP contribution in [0.3, 0.4) is 0 Å². The third-order valence-corrected chi connectivity index (χ3v) is 3.10. The third kappa shape index (κ3) is 5.43. The molecule has 6 heteroatoms. The topological polar surface area (TPSA) is 78.9 Å². The minimum absolute atomic E-state index is 0.0729. The molecule has 0 heterocycles. The molecule has 0 radical (unpaired) electrons. The van der Waals surface area contributed by atoms with Gasteiger partial charge in [0.25, 0.3) is 0 Å². The number of likely N-dealkylation sites (N-methyl/N-ethyl adjacent to an activating group) is 1. The molecule has 0 fully saturated rings. The average Bonchev–Trinajstić information content (AvgIpc) is 2.45. The maximum absolute atomic E-state index is 11.9. The molecule has 0 aromatic heterocycles. The summed E-state index contributed by atoms with van der Waals surface area (Å²) >= 11 is 0. The molecule has 0 spiro atoms. The van der Waals surface area contributed by atoms with Crippen molar-refractivity contribution in [2.75, 3.05) is 27.3 Å². The van der Waals surface area contributed by atoms with Gasteiger partial charge in [0.2, 0.25) is 0 Å². The van der Waals surface area contributed by atoms with Crippen molar-refractivity contribution in [1.82, 2.24) is 10.2 Å². The van der Waals surface area contributed by atoms with Crippen molar-refractivity contribution in [3.8, 4) is 0 Å². The van der Waals surface area contributed by atoms with E-state index in [0.717, 1.165) is 5.56 Å². The molecule has 0 saturated heterocycles. The molecule has 2 N–H and O–H groups in total. The van der Waals surface area contributed by atoms with Gasteiger partial charge in [-0.1, -0.05) is 18.2 Å². The number of urea groups is 1. The molecule has 0 saturated carbocycles. The number of ether oxygens (including phenoxy) is 1. The number of nitrogens with one attached hydrogen (secondary N) is 1. The average molecular weight is 294 g/mol. The summed E-state index contributed by atoms with van der Waals surface area (Å²) in [5.41, 5.74) is 0.994. The summed E-state index contributed by atoms with van der Waals surface area (Å²) in [6.45, 7) is 2.74. The Balaban J connectivity index is 2.55. The first-order chi connectivity index (χ1) is 9.95. The van der Waals surface area contributed by atoms with Crippen LogP contribution in [0.4, 0.5) is 4.79 Å². The largest absolute Gasteiger partial charge is 0.478 e. The number of carbonyl (C=O) groups is 2. The van der Waals surface area contributed by atoms with E-state index in [0.29, 0.717) is 19.6 Å². The second-order valence-corrected chi connectivity index (χ2v) is 4.94. The van der Waals surface area contributed by atoms with Crippen LogP contribution < -0.4 is 5.32 Å². The Bertz CT molecular complexity index is 490. The van der Waals surface area contributed by atoms with Crippen molar-refractivity contribution in [3.63, 3.8) is 0 Å². The van der Waals surface area contributed by atoms with Gasteiger partial charge in [0, 0.05) is 20.7 Å². The first-order valence-corrected chi connectivity index (χ1v) is 6.77. The molecule has 0 bridgehead atoms. The number of nitrogens with zero attached hydrogens (tertiary/aromatic N) is 1. The van der Waals surface area contributed by atoms with Crippen LogP contribution >= 0.6 is 0 Å². The molecular weight excluding hydrogens is 272 g/mol. The highest BCUT2D eigenvalue weighted by Gasteiger charge is 2.14. The molecule has 1 unspecified atom stereocenters. The van der Waals surface area contributed by atoms with Gasteiger partial charge in [-0.05, 0) is 25.0 Å². The Kier molecular flexibility index (Phi) is 6.68. The Morgan fingerprint density at radius 2 is 2.05 bits per heavy atom. The summed E-state index contributed by atoms with van der Waals surface area (Å²) in [6, 6.07) is 6.54. The van der Waals surface area contributed by atoms with Crippen LogP contribution in [0.2, 0.25) is 0 Å². The van der Waals surface area contributed by atoms with Crippen molar-refractivity contribution in [3.05, 3.63) is 35.4 Å². The molecule has 2 amide bonds. The van der Waals surface area contributed by atoms with Gasteiger partial charge in [-0.15, -0.1) is 0 Å². The summed E-state index contributed by atoms with van der Waals surface area (Å²) < 4.78 is 4.96. The molecule has 21 heavy (non-hydrogen) atoms. The fourth-order valence-corrected chi connectivity index (χ4v) is 1.95. The molecule has 1 rings (SSSR count). The lowest BCUT2D eigenvalue weighted by molar-refractivity contribution is 0.0695. The fourth-order valence-electron chi connectivity index (χ4n) is 1.95. The first kappa shape index (κ1) is 17.0. The summed E-state index contributed by atoms with van der Waals surface area (Å²) in [5, 5.41) is 11.9. The molecular formula is C15H22N2O4. The van der Waals surface area contributed by atoms with Crippen LogP contribution in [-0.2, 0) is 11.2 Å². The van der Waals surface area contributed by atoms with Crippen LogP contribution in [0.1, 0.15) is 22.8 Å². The summed E-state index contributed by atoms with van der Waals surface area (Å²) in [7, 11) is 3.26. The molecule has 0 aliphatic rings. The van der Waals surface area contributed by atoms with Crippen molar-refractivity contribution < 1.29 is 19.4 Å². The highest BCUT2D eigenvalue weighted by atomic mass is 16.5. The lowest BCUT2D eigenvalue weighted by atomic mass is 10.0. The monoisotopic (exact) mass is 294 g/mol. The number of amides is 2. The van der Waals surface area contributed by atoms with E-state index in [1.165, 1.54) is 4.90 Å². The number of methoxy groups -OCH3 is 1. The smallest absolute Gasteiger partial charge is 0.335 e. The molecule has 116 valence electrons. The highest BCUT2D eigenvalue weighted by Crippen LogP contribution is 2.10. The molecule has 6 nitrogen and oxygen atoms in total. The fraction of sp³-hybridized carbons (Fsp3) is 0.467. The number of carbonyl (C=O) groups excluding carboxylic acids is 1. The van der Waals surface area contributed by atoms with E-state index in [1.807, 2.05) is 6.92 Å². The lowest BCUT2D eigenvalue weighted by Crippen LogP contribution is -2.44. The normalized spacial score (nSPS) is 11.8. The van der Waals surface area contributed by atoms with Gasteiger partial charge >= 0.3 is 12.0 Å².